The fraction of sp³-hybridized carbons (Fsp3) is 0.0833. The molecule has 0 atom stereocenters. The van der Waals surface area contributed by atoms with Crippen molar-refractivity contribution in [3.63, 3.8) is 0 Å². The minimum Gasteiger partial charge on any atom is -0.493 e. The summed E-state index contributed by atoms with van der Waals surface area (Å²) in [6, 6.07) is 20.1. The first-order valence-electron chi connectivity index (χ1n) is 9.19. The standard InChI is InChI=1S/C24H19BrFNO2S/c1-28-19-12-9-15(13-20(19)29-2)21-22(27)24(17-5-3-4-6-18(17)25)30-23(21)14-7-10-16(26)11-8-14/h3-13H,27H2,1-2H3. The Morgan fingerprint density at radius 1 is 0.833 bits per heavy atom. The Morgan fingerprint density at radius 3 is 2.17 bits per heavy atom. The van der Waals surface area contributed by atoms with Crippen LogP contribution in [-0.2, 0) is 0 Å². The Labute approximate surface area is 187 Å². The molecule has 2 N–H and O–H groups in total. The lowest BCUT2D eigenvalue weighted by Crippen LogP contribution is -1.93. The number of hydrogen-bond donors (Lipinski definition) is 1. The Balaban J connectivity index is 1.99. The lowest BCUT2D eigenvalue weighted by atomic mass is 9.99. The van der Waals surface area contributed by atoms with Crippen molar-refractivity contribution in [3.05, 3.63) is 77.0 Å². The third kappa shape index (κ3) is 3.68. The number of halogens is 2. The minimum atomic E-state index is -0.276. The van der Waals surface area contributed by atoms with Gasteiger partial charge in [0.1, 0.15) is 5.82 Å². The SMILES string of the molecule is COc1ccc(-c2c(-c3ccc(F)cc3)sc(-c3ccccc3Br)c2N)cc1OC. The molecule has 0 bridgehead atoms. The molecular weight excluding hydrogens is 465 g/mol. The van der Waals surface area contributed by atoms with Crippen LogP contribution in [0.1, 0.15) is 0 Å². The summed E-state index contributed by atoms with van der Waals surface area (Å²) in [5.74, 6) is 0.986. The van der Waals surface area contributed by atoms with Gasteiger partial charge in [-0.15, -0.1) is 11.3 Å². The summed E-state index contributed by atoms with van der Waals surface area (Å²) in [4.78, 5) is 1.91. The highest BCUT2D eigenvalue weighted by molar-refractivity contribution is 9.10. The van der Waals surface area contributed by atoms with Crippen LogP contribution in [0.25, 0.3) is 32.0 Å². The van der Waals surface area contributed by atoms with Gasteiger partial charge in [0.15, 0.2) is 11.5 Å². The van der Waals surface area contributed by atoms with Crippen LogP contribution < -0.4 is 15.2 Å². The van der Waals surface area contributed by atoms with Crippen LogP contribution in [-0.4, -0.2) is 14.2 Å². The molecule has 4 rings (SSSR count). The molecule has 30 heavy (non-hydrogen) atoms. The number of rotatable bonds is 5. The number of benzene rings is 3. The lowest BCUT2D eigenvalue weighted by Gasteiger charge is -2.11. The van der Waals surface area contributed by atoms with Crippen molar-refractivity contribution in [2.24, 2.45) is 0 Å². The van der Waals surface area contributed by atoms with Crippen LogP contribution >= 0.6 is 27.3 Å². The van der Waals surface area contributed by atoms with Crippen molar-refractivity contribution in [2.75, 3.05) is 20.0 Å². The van der Waals surface area contributed by atoms with Crippen molar-refractivity contribution in [3.8, 4) is 43.5 Å². The van der Waals surface area contributed by atoms with Crippen molar-refractivity contribution in [2.45, 2.75) is 0 Å². The number of methoxy groups -OCH3 is 2. The van der Waals surface area contributed by atoms with Gasteiger partial charge in [0.05, 0.1) is 24.8 Å². The number of thiophene rings is 1. The van der Waals surface area contributed by atoms with E-state index in [0.717, 1.165) is 36.5 Å². The van der Waals surface area contributed by atoms with E-state index in [1.54, 1.807) is 37.7 Å². The molecule has 0 aliphatic rings. The molecule has 152 valence electrons. The first-order chi connectivity index (χ1) is 14.5. The summed E-state index contributed by atoms with van der Waals surface area (Å²) in [5.41, 5.74) is 11.1. The van der Waals surface area contributed by atoms with Crippen molar-refractivity contribution < 1.29 is 13.9 Å². The molecule has 0 spiro atoms. The highest BCUT2D eigenvalue weighted by Crippen LogP contribution is 2.51. The molecule has 0 aliphatic heterocycles. The largest absolute Gasteiger partial charge is 0.493 e. The van der Waals surface area contributed by atoms with E-state index >= 15 is 0 Å². The predicted octanol–water partition coefficient (Wildman–Crippen LogP) is 7.25. The van der Waals surface area contributed by atoms with Crippen molar-refractivity contribution in [1.29, 1.82) is 0 Å². The molecule has 1 aromatic heterocycles. The smallest absolute Gasteiger partial charge is 0.161 e. The summed E-state index contributed by atoms with van der Waals surface area (Å²) >= 11 is 5.21. The monoisotopic (exact) mass is 483 g/mol. The van der Waals surface area contributed by atoms with E-state index in [0.29, 0.717) is 17.2 Å². The summed E-state index contributed by atoms with van der Waals surface area (Å²) in [5, 5.41) is 0. The number of nitrogen functional groups attached to an aromatic ring is 1. The highest BCUT2D eigenvalue weighted by Gasteiger charge is 2.22. The van der Waals surface area contributed by atoms with E-state index in [4.69, 9.17) is 15.2 Å². The average Bonchev–Trinajstić information content (AvgIpc) is 3.11. The lowest BCUT2D eigenvalue weighted by molar-refractivity contribution is 0.355. The van der Waals surface area contributed by atoms with Gasteiger partial charge in [-0.2, -0.15) is 0 Å². The van der Waals surface area contributed by atoms with Gasteiger partial charge in [0.25, 0.3) is 0 Å². The van der Waals surface area contributed by atoms with Gasteiger partial charge in [-0.1, -0.05) is 52.3 Å². The molecule has 0 aliphatic carbocycles. The third-order valence-corrected chi connectivity index (χ3v) is 6.82. The third-order valence-electron chi connectivity index (χ3n) is 4.84. The van der Waals surface area contributed by atoms with E-state index < -0.39 is 0 Å². The molecule has 0 unspecified atom stereocenters. The van der Waals surface area contributed by atoms with Gasteiger partial charge in [0.2, 0.25) is 0 Å². The topological polar surface area (TPSA) is 44.5 Å². The van der Waals surface area contributed by atoms with Gasteiger partial charge in [0, 0.05) is 20.5 Å². The van der Waals surface area contributed by atoms with Gasteiger partial charge in [-0.05, 0) is 41.5 Å². The van der Waals surface area contributed by atoms with Crippen LogP contribution in [0.3, 0.4) is 0 Å². The van der Waals surface area contributed by atoms with E-state index in [-0.39, 0.29) is 5.82 Å². The maximum Gasteiger partial charge on any atom is 0.161 e. The molecule has 0 amide bonds. The summed E-state index contributed by atoms with van der Waals surface area (Å²) in [6.07, 6.45) is 0. The van der Waals surface area contributed by atoms with Gasteiger partial charge in [-0.25, -0.2) is 4.39 Å². The van der Waals surface area contributed by atoms with Crippen LogP contribution in [0.2, 0.25) is 0 Å². The molecule has 4 aromatic rings. The van der Waals surface area contributed by atoms with Crippen molar-refractivity contribution >= 4 is 33.0 Å². The van der Waals surface area contributed by atoms with Gasteiger partial charge >= 0.3 is 0 Å². The number of ether oxygens (including phenoxy) is 2. The zero-order chi connectivity index (χ0) is 21.3. The van der Waals surface area contributed by atoms with E-state index in [9.17, 15) is 4.39 Å². The molecule has 0 fully saturated rings. The Bertz CT molecular complexity index is 1200. The van der Waals surface area contributed by atoms with Gasteiger partial charge < -0.3 is 15.2 Å². The molecule has 0 saturated heterocycles. The fourth-order valence-corrected chi connectivity index (χ4v) is 5.27. The highest BCUT2D eigenvalue weighted by atomic mass is 79.9. The van der Waals surface area contributed by atoms with Crippen LogP contribution in [0, 0.1) is 5.82 Å². The molecule has 3 nitrogen and oxygen atoms in total. The molecular formula is C24H19BrFNO2S. The summed E-state index contributed by atoms with van der Waals surface area (Å²) < 4.78 is 25.4. The zero-order valence-corrected chi connectivity index (χ0v) is 18.8. The van der Waals surface area contributed by atoms with Crippen LogP contribution in [0.4, 0.5) is 10.1 Å². The van der Waals surface area contributed by atoms with Crippen LogP contribution in [0.15, 0.2) is 71.2 Å². The first-order valence-corrected chi connectivity index (χ1v) is 10.8. The minimum absolute atomic E-state index is 0.276. The normalized spacial score (nSPS) is 10.8. The van der Waals surface area contributed by atoms with Crippen LogP contribution in [0.5, 0.6) is 11.5 Å². The predicted molar refractivity (Wildman–Crippen MR) is 126 cm³/mol. The van der Waals surface area contributed by atoms with E-state index in [1.165, 1.54) is 12.1 Å². The molecule has 1 heterocycles. The summed E-state index contributed by atoms with van der Waals surface area (Å²) in [7, 11) is 3.21. The second-order valence-electron chi connectivity index (χ2n) is 6.61. The Morgan fingerprint density at radius 2 is 1.50 bits per heavy atom. The first kappa shape index (κ1) is 20.4. The maximum atomic E-state index is 13.6. The molecule has 0 saturated carbocycles. The Hall–Kier alpha value is -2.83. The zero-order valence-electron chi connectivity index (χ0n) is 16.4. The number of hydrogen-bond acceptors (Lipinski definition) is 4. The van der Waals surface area contributed by atoms with Gasteiger partial charge in [-0.3, -0.25) is 0 Å². The Kier molecular flexibility index (Phi) is 5.79. The van der Waals surface area contributed by atoms with E-state index in [2.05, 4.69) is 15.9 Å². The average molecular weight is 484 g/mol. The van der Waals surface area contributed by atoms with Crippen molar-refractivity contribution in [1.82, 2.24) is 0 Å². The number of nitrogens with two attached hydrogens (primary N) is 1. The quantitative estimate of drug-likeness (QED) is 0.325. The second kappa shape index (κ2) is 8.50. The fourth-order valence-electron chi connectivity index (χ4n) is 3.37. The van der Waals surface area contributed by atoms with E-state index in [1.807, 2.05) is 42.5 Å². The molecule has 6 heteroatoms. The summed E-state index contributed by atoms with van der Waals surface area (Å²) in [6.45, 7) is 0. The number of anilines is 1. The second-order valence-corrected chi connectivity index (χ2v) is 8.48. The maximum absolute atomic E-state index is 13.6. The molecule has 0 radical (unpaired) electrons. The molecule has 3 aromatic carbocycles.